The van der Waals surface area contributed by atoms with E-state index in [4.69, 9.17) is 0 Å². The van der Waals surface area contributed by atoms with Crippen molar-refractivity contribution in [1.29, 1.82) is 0 Å². The molecule has 0 bridgehead atoms. The Balaban J connectivity index is 1.70. The first-order chi connectivity index (χ1) is 11.5. The quantitative estimate of drug-likeness (QED) is 0.754. The van der Waals surface area contributed by atoms with Gasteiger partial charge in [0.15, 0.2) is 5.78 Å². The van der Waals surface area contributed by atoms with Gasteiger partial charge in [-0.1, -0.05) is 43.9 Å². The van der Waals surface area contributed by atoms with Crippen molar-refractivity contribution in [3.8, 4) is 0 Å². The lowest BCUT2D eigenvalue weighted by Gasteiger charge is -2.54. The molecule has 0 aromatic heterocycles. The molecule has 1 N–H and O–H groups in total. The Morgan fingerprint density at radius 3 is 2.96 bits per heavy atom. The van der Waals surface area contributed by atoms with Gasteiger partial charge >= 0.3 is 0 Å². The van der Waals surface area contributed by atoms with Crippen LogP contribution in [-0.2, 0) is 4.79 Å². The minimum absolute atomic E-state index is 0.0251. The third-order valence-electron chi connectivity index (χ3n) is 7.75. The van der Waals surface area contributed by atoms with E-state index in [-0.39, 0.29) is 11.5 Å². The highest BCUT2D eigenvalue weighted by Gasteiger charge is 2.54. The van der Waals surface area contributed by atoms with Crippen molar-refractivity contribution < 1.29 is 9.90 Å². The van der Waals surface area contributed by atoms with Gasteiger partial charge in [-0.3, -0.25) is 4.79 Å². The van der Waals surface area contributed by atoms with Gasteiger partial charge in [0.25, 0.3) is 0 Å². The van der Waals surface area contributed by atoms with Gasteiger partial charge in [0.2, 0.25) is 0 Å². The number of ketones is 1. The van der Waals surface area contributed by atoms with Crippen LogP contribution in [0.5, 0.6) is 0 Å². The molecule has 0 radical (unpaired) electrons. The smallest absolute Gasteiger partial charge is 0.155 e. The second-order valence-electron chi connectivity index (χ2n) is 8.99. The molecular weight excluding hydrogens is 296 g/mol. The Labute approximate surface area is 146 Å². The Bertz CT molecular complexity index is 587. The van der Waals surface area contributed by atoms with E-state index in [0.29, 0.717) is 29.5 Å². The number of unbranched alkanes of at least 4 members (excludes halogenated alkanes) is 1. The summed E-state index contributed by atoms with van der Waals surface area (Å²) in [5, 5.41) is 10.6. The van der Waals surface area contributed by atoms with Crippen LogP contribution in [0.3, 0.4) is 0 Å². The largest absolute Gasteiger partial charge is 0.392 e. The summed E-state index contributed by atoms with van der Waals surface area (Å²) in [7, 11) is 0. The van der Waals surface area contributed by atoms with E-state index >= 15 is 0 Å². The summed E-state index contributed by atoms with van der Waals surface area (Å²) in [6.45, 7) is 4.58. The third-order valence-corrected chi connectivity index (χ3v) is 7.75. The average Bonchev–Trinajstić information content (AvgIpc) is 2.87. The van der Waals surface area contributed by atoms with E-state index in [9.17, 15) is 9.90 Å². The minimum Gasteiger partial charge on any atom is -0.392 e. The average molecular weight is 328 g/mol. The molecule has 6 atom stereocenters. The van der Waals surface area contributed by atoms with Gasteiger partial charge in [-0.25, -0.2) is 0 Å². The van der Waals surface area contributed by atoms with E-state index in [1.807, 2.05) is 6.08 Å². The van der Waals surface area contributed by atoms with Crippen LogP contribution in [-0.4, -0.2) is 17.0 Å². The highest BCUT2D eigenvalue weighted by atomic mass is 16.3. The number of aliphatic hydroxyl groups is 1. The van der Waals surface area contributed by atoms with Crippen molar-refractivity contribution >= 4 is 5.78 Å². The van der Waals surface area contributed by atoms with E-state index in [2.05, 4.69) is 19.9 Å². The summed E-state index contributed by atoms with van der Waals surface area (Å²) in [4.78, 5) is 12.0. The SMILES string of the molecule is CCCC[C@@H]1CC2=CC(=O)CC[C@@H]2[C@H]2CC[C@@]3(C)C(=CC[C@@H]3O)[C@H]12. The number of aliphatic hydroxyl groups excluding tert-OH is 1. The Kier molecular flexibility index (Phi) is 4.23. The van der Waals surface area contributed by atoms with Crippen LogP contribution >= 0.6 is 0 Å². The topological polar surface area (TPSA) is 37.3 Å². The summed E-state index contributed by atoms with van der Waals surface area (Å²) < 4.78 is 0. The summed E-state index contributed by atoms with van der Waals surface area (Å²) in [6.07, 6.45) is 14.2. The lowest BCUT2D eigenvalue weighted by Crippen LogP contribution is -2.47. The fraction of sp³-hybridized carbons (Fsp3) is 0.773. The molecule has 0 heterocycles. The fourth-order valence-electron chi connectivity index (χ4n) is 6.43. The first kappa shape index (κ1) is 16.6. The van der Waals surface area contributed by atoms with Gasteiger partial charge in [0.1, 0.15) is 0 Å². The molecule has 4 aliphatic carbocycles. The molecule has 2 fully saturated rings. The molecule has 0 spiro atoms. The maximum atomic E-state index is 12.0. The Morgan fingerprint density at radius 1 is 1.33 bits per heavy atom. The zero-order valence-corrected chi connectivity index (χ0v) is 15.3. The molecule has 24 heavy (non-hydrogen) atoms. The maximum Gasteiger partial charge on any atom is 0.155 e. The molecule has 4 aliphatic rings. The summed E-state index contributed by atoms with van der Waals surface area (Å²) in [5.74, 6) is 3.03. The number of hydrogen-bond donors (Lipinski definition) is 1. The predicted octanol–water partition coefficient (Wildman–Crippen LogP) is 4.83. The molecule has 0 aromatic rings. The summed E-state index contributed by atoms with van der Waals surface area (Å²) in [5.41, 5.74) is 3.08. The van der Waals surface area contributed by atoms with Crippen molar-refractivity contribution in [3.05, 3.63) is 23.3 Å². The molecule has 132 valence electrons. The van der Waals surface area contributed by atoms with Crippen LogP contribution in [0.1, 0.15) is 71.6 Å². The van der Waals surface area contributed by atoms with Crippen LogP contribution in [0.4, 0.5) is 0 Å². The zero-order valence-electron chi connectivity index (χ0n) is 15.3. The maximum absolute atomic E-state index is 12.0. The van der Waals surface area contributed by atoms with Crippen molar-refractivity contribution in [2.75, 3.05) is 0 Å². The second-order valence-corrected chi connectivity index (χ2v) is 8.99. The second kappa shape index (κ2) is 6.12. The summed E-state index contributed by atoms with van der Waals surface area (Å²) >= 11 is 0. The first-order valence-electron chi connectivity index (χ1n) is 10.2. The van der Waals surface area contributed by atoms with Crippen molar-refractivity contribution in [3.63, 3.8) is 0 Å². The molecule has 0 aromatic carbocycles. The third kappa shape index (κ3) is 2.44. The van der Waals surface area contributed by atoms with Gasteiger partial charge in [0, 0.05) is 11.8 Å². The fourth-order valence-corrected chi connectivity index (χ4v) is 6.43. The number of hydrogen-bond acceptors (Lipinski definition) is 2. The highest BCUT2D eigenvalue weighted by molar-refractivity contribution is 5.91. The number of carbonyl (C=O) groups excluding carboxylic acids is 1. The number of fused-ring (bicyclic) bond motifs is 5. The normalized spacial score (nSPS) is 44.3. The van der Waals surface area contributed by atoms with Crippen LogP contribution < -0.4 is 0 Å². The van der Waals surface area contributed by atoms with E-state index in [0.717, 1.165) is 32.1 Å². The molecule has 2 heteroatoms. The van der Waals surface area contributed by atoms with Crippen LogP contribution in [0.25, 0.3) is 0 Å². The van der Waals surface area contributed by atoms with Gasteiger partial charge in [0.05, 0.1) is 6.10 Å². The van der Waals surface area contributed by atoms with Gasteiger partial charge in [-0.2, -0.15) is 0 Å². The van der Waals surface area contributed by atoms with Crippen molar-refractivity contribution in [2.24, 2.45) is 29.1 Å². The standard InChI is InChI=1S/C22H32O2/c1-3-4-5-14-12-15-13-16(23)6-7-17(15)18-10-11-22(2)19(21(14)18)8-9-20(22)24/h8,13-14,17-18,20-21,24H,3-7,9-12H2,1-2H3/t14-,17+,18-,20+,21-,22+/m1/s1. The van der Waals surface area contributed by atoms with E-state index in [1.54, 1.807) is 5.57 Å². The van der Waals surface area contributed by atoms with Gasteiger partial charge in [-0.15, -0.1) is 0 Å². The monoisotopic (exact) mass is 328 g/mol. The Hall–Kier alpha value is -0.890. The molecule has 0 unspecified atom stereocenters. The predicted molar refractivity (Wildman–Crippen MR) is 96.5 cm³/mol. The molecule has 0 amide bonds. The first-order valence-corrected chi connectivity index (χ1v) is 10.2. The van der Waals surface area contributed by atoms with Crippen LogP contribution in [0, 0.1) is 29.1 Å². The molecule has 0 aliphatic heterocycles. The van der Waals surface area contributed by atoms with Gasteiger partial charge < -0.3 is 5.11 Å². The van der Waals surface area contributed by atoms with Crippen molar-refractivity contribution in [1.82, 2.24) is 0 Å². The molecule has 2 saturated carbocycles. The number of allylic oxidation sites excluding steroid dienone is 2. The summed E-state index contributed by atoms with van der Waals surface area (Å²) in [6, 6.07) is 0. The highest BCUT2D eigenvalue weighted by Crippen LogP contribution is 2.61. The number of carbonyl (C=O) groups is 1. The lowest BCUT2D eigenvalue weighted by molar-refractivity contribution is -0.115. The molecule has 4 rings (SSSR count). The lowest BCUT2D eigenvalue weighted by atomic mass is 9.51. The van der Waals surface area contributed by atoms with E-state index < -0.39 is 0 Å². The minimum atomic E-state index is -0.176. The molecular formula is C22H32O2. The van der Waals surface area contributed by atoms with Gasteiger partial charge in [-0.05, 0) is 68.3 Å². The van der Waals surface area contributed by atoms with Crippen LogP contribution in [0.15, 0.2) is 23.3 Å². The Morgan fingerprint density at radius 2 is 2.17 bits per heavy atom. The molecule has 0 saturated heterocycles. The van der Waals surface area contributed by atoms with Crippen LogP contribution in [0.2, 0.25) is 0 Å². The van der Waals surface area contributed by atoms with E-state index in [1.165, 1.54) is 31.3 Å². The molecule has 2 nitrogen and oxygen atoms in total. The number of rotatable bonds is 3. The zero-order chi connectivity index (χ0) is 16.9. The van der Waals surface area contributed by atoms with Crippen molar-refractivity contribution in [2.45, 2.75) is 77.7 Å².